The molecule has 1 aliphatic rings. The van der Waals surface area contributed by atoms with Gasteiger partial charge in [-0.15, -0.1) is 0 Å². The Kier molecular flexibility index (Phi) is 3.24. The number of ether oxygens (including phenoxy) is 1. The van der Waals surface area contributed by atoms with Crippen LogP contribution >= 0.6 is 0 Å². The summed E-state index contributed by atoms with van der Waals surface area (Å²) in [6.07, 6.45) is 2.08. The molecular formula is C13H19N3O2. The Balaban J connectivity index is 2.12. The number of aromatic nitrogens is 2. The first-order valence-electron chi connectivity index (χ1n) is 6.14. The SMILES string of the molecule is Cc1ncnc2c1CN(C(=O)OC(C)(C)C)CC2. The summed E-state index contributed by atoms with van der Waals surface area (Å²) in [6.45, 7) is 8.75. The van der Waals surface area contributed by atoms with Gasteiger partial charge in [0.15, 0.2) is 0 Å². The summed E-state index contributed by atoms with van der Waals surface area (Å²) in [6, 6.07) is 0. The molecule has 2 rings (SSSR count). The van der Waals surface area contributed by atoms with Gasteiger partial charge in [0.2, 0.25) is 0 Å². The Morgan fingerprint density at radius 3 is 2.78 bits per heavy atom. The van der Waals surface area contributed by atoms with Crippen LogP contribution in [0.15, 0.2) is 6.33 Å². The molecule has 2 heterocycles. The Bertz CT molecular complexity index is 466. The molecule has 98 valence electrons. The third kappa shape index (κ3) is 2.78. The topological polar surface area (TPSA) is 55.3 Å². The average Bonchev–Trinajstić information content (AvgIpc) is 2.27. The molecule has 5 nitrogen and oxygen atoms in total. The molecule has 1 aromatic heterocycles. The second-order valence-electron chi connectivity index (χ2n) is 5.54. The second kappa shape index (κ2) is 4.55. The fourth-order valence-corrected chi connectivity index (χ4v) is 1.96. The molecule has 0 saturated carbocycles. The van der Waals surface area contributed by atoms with E-state index in [1.165, 1.54) is 0 Å². The van der Waals surface area contributed by atoms with Crippen LogP contribution in [0.25, 0.3) is 0 Å². The van der Waals surface area contributed by atoms with Gasteiger partial charge in [0.05, 0.1) is 12.2 Å². The highest BCUT2D eigenvalue weighted by Gasteiger charge is 2.27. The predicted molar refractivity (Wildman–Crippen MR) is 67.1 cm³/mol. The minimum atomic E-state index is -0.459. The molecule has 0 saturated heterocycles. The fourth-order valence-electron chi connectivity index (χ4n) is 1.96. The van der Waals surface area contributed by atoms with Gasteiger partial charge in [0.1, 0.15) is 11.9 Å². The summed E-state index contributed by atoms with van der Waals surface area (Å²) in [7, 11) is 0. The van der Waals surface area contributed by atoms with Crippen LogP contribution in [-0.4, -0.2) is 33.1 Å². The maximum atomic E-state index is 12.0. The Morgan fingerprint density at radius 1 is 1.39 bits per heavy atom. The smallest absolute Gasteiger partial charge is 0.410 e. The lowest BCUT2D eigenvalue weighted by Gasteiger charge is -2.31. The van der Waals surface area contributed by atoms with Crippen molar-refractivity contribution in [2.45, 2.75) is 46.3 Å². The standard InChI is InChI=1S/C13H19N3O2/c1-9-10-7-16(12(17)18-13(2,3)4)6-5-11(10)15-8-14-9/h8H,5-7H2,1-4H3. The summed E-state index contributed by atoms with van der Waals surface area (Å²) >= 11 is 0. The van der Waals surface area contributed by atoms with Crippen LogP contribution in [0.3, 0.4) is 0 Å². The molecule has 0 aliphatic carbocycles. The molecule has 1 aromatic rings. The van der Waals surface area contributed by atoms with Crippen LogP contribution in [0.2, 0.25) is 0 Å². The Hall–Kier alpha value is -1.65. The third-order valence-electron chi connectivity index (χ3n) is 2.87. The van der Waals surface area contributed by atoms with E-state index in [4.69, 9.17) is 4.74 Å². The summed E-state index contributed by atoms with van der Waals surface area (Å²) in [5.41, 5.74) is 2.57. The van der Waals surface area contributed by atoms with Gasteiger partial charge >= 0.3 is 6.09 Å². The first kappa shape index (κ1) is 12.8. The van der Waals surface area contributed by atoms with Crippen molar-refractivity contribution in [1.29, 1.82) is 0 Å². The summed E-state index contributed by atoms with van der Waals surface area (Å²) in [4.78, 5) is 22.1. The summed E-state index contributed by atoms with van der Waals surface area (Å²) in [5, 5.41) is 0. The summed E-state index contributed by atoms with van der Waals surface area (Å²) in [5.74, 6) is 0. The lowest BCUT2D eigenvalue weighted by atomic mass is 10.0. The normalized spacial score (nSPS) is 15.2. The molecule has 1 aliphatic heterocycles. The second-order valence-corrected chi connectivity index (χ2v) is 5.54. The summed E-state index contributed by atoms with van der Waals surface area (Å²) < 4.78 is 5.38. The van der Waals surface area contributed by atoms with Crippen molar-refractivity contribution < 1.29 is 9.53 Å². The molecule has 0 fully saturated rings. The molecule has 5 heteroatoms. The van der Waals surface area contributed by atoms with E-state index >= 15 is 0 Å². The Morgan fingerprint density at radius 2 is 2.11 bits per heavy atom. The number of amides is 1. The van der Waals surface area contributed by atoms with Crippen molar-refractivity contribution in [1.82, 2.24) is 14.9 Å². The van der Waals surface area contributed by atoms with Crippen LogP contribution < -0.4 is 0 Å². The molecule has 0 atom stereocenters. The van der Waals surface area contributed by atoms with Gasteiger partial charge in [-0.25, -0.2) is 14.8 Å². The van der Waals surface area contributed by atoms with Crippen LogP contribution in [0, 0.1) is 6.92 Å². The molecule has 0 unspecified atom stereocenters. The number of hydrogen-bond acceptors (Lipinski definition) is 4. The van der Waals surface area contributed by atoms with Crippen molar-refractivity contribution in [3.05, 3.63) is 23.3 Å². The first-order valence-corrected chi connectivity index (χ1v) is 6.14. The van der Waals surface area contributed by atoms with E-state index in [2.05, 4.69) is 9.97 Å². The Labute approximate surface area is 107 Å². The van der Waals surface area contributed by atoms with Gasteiger partial charge in [-0.05, 0) is 27.7 Å². The average molecular weight is 249 g/mol. The number of rotatable bonds is 0. The number of aryl methyl sites for hydroxylation is 1. The zero-order valence-electron chi connectivity index (χ0n) is 11.4. The molecule has 0 spiro atoms. The highest BCUT2D eigenvalue weighted by Crippen LogP contribution is 2.20. The monoisotopic (exact) mass is 249 g/mol. The highest BCUT2D eigenvalue weighted by atomic mass is 16.6. The van der Waals surface area contributed by atoms with Gasteiger partial charge in [-0.3, -0.25) is 0 Å². The minimum Gasteiger partial charge on any atom is -0.444 e. The van der Waals surface area contributed by atoms with Crippen molar-refractivity contribution in [2.75, 3.05) is 6.54 Å². The molecule has 0 aromatic carbocycles. The van der Waals surface area contributed by atoms with Crippen LogP contribution in [-0.2, 0) is 17.7 Å². The molecule has 1 amide bonds. The molecule has 0 bridgehead atoms. The maximum Gasteiger partial charge on any atom is 0.410 e. The predicted octanol–water partition coefficient (Wildman–Crippen LogP) is 2.08. The first-order chi connectivity index (χ1) is 8.37. The van der Waals surface area contributed by atoms with E-state index in [0.717, 1.165) is 23.4 Å². The van der Waals surface area contributed by atoms with Gasteiger partial charge in [-0.1, -0.05) is 0 Å². The lowest BCUT2D eigenvalue weighted by Crippen LogP contribution is -2.40. The number of carbonyl (C=O) groups excluding carboxylic acids is 1. The number of fused-ring (bicyclic) bond motifs is 1. The van der Waals surface area contributed by atoms with Crippen molar-refractivity contribution in [2.24, 2.45) is 0 Å². The van der Waals surface area contributed by atoms with E-state index in [-0.39, 0.29) is 6.09 Å². The van der Waals surface area contributed by atoms with E-state index in [0.29, 0.717) is 13.1 Å². The minimum absolute atomic E-state index is 0.267. The van der Waals surface area contributed by atoms with Gasteiger partial charge in [0, 0.05) is 24.2 Å². The van der Waals surface area contributed by atoms with Crippen LogP contribution in [0.1, 0.15) is 37.7 Å². The van der Waals surface area contributed by atoms with Crippen molar-refractivity contribution >= 4 is 6.09 Å². The zero-order chi connectivity index (χ0) is 13.3. The van der Waals surface area contributed by atoms with Gasteiger partial charge in [-0.2, -0.15) is 0 Å². The van der Waals surface area contributed by atoms with E-state index in [1.54, 1.807) is 11.2 Å². The lowest BCUT2D eigenvalue weighted by molar-refractivity contribution is 0.0222. The maximum absolute atomic E-state index is 12.0. The van der Waals surface area contributed by atoms with Crippen LogP contribution in [0.4, 0.5) is 4.79 Å². The molecule has 18 heavy (non-hydrogen) atoms. The quantitative estimate of drug-likeness (QED) is 0.706. The molecule has 0 radical (unpaired) electrons. The zero-order valence-corrected chi connectivity index (χ0v) is 11.4. The fraction of sp³-hybridized carbons (Fsp3) is 0.615. The van der Waals surface area contributed by atoms with E-state index in [1.807, 2.05) is 27.7 Å². The van der Waals surface area contributed by atoms with E-state index < -0.39 is 5.60 Å². The number of hydrogen-bond donors (Lipinski definition) is 0. The number of carbonyl (C=O) groups is 1. The van der Waals surface area contributed by atoms with Crippen molar-refractivity contribution in [3.63, 3.8) is 0 Å². The largest absolute Gasteiger partial charge is 0.444 e. The molecule has 0 N–H and O–H groups in total. The van der Waals surface area contributed by atoms with Crippen LogP contribution in [0.5, 0.6) is 0 Å². The van der Waals surface area contributed by atoms with Gasteiger partial charge in [0.25, 0.3) is 0 Å². The van der Waals surface area contributed by atoms with Gasteiger partial charge < -0.3 is 9.64 Å². The molecular weight excluding hydrogens is 230 g/mol. The van der Waals surface area contributed by atoms with E-state index in [9.17, 15) is 4.79 Å². The third-order valence-corrected chi connectivity index (χ3v) is 2.87. The highest BCUT2D eigenvalue weighted by molar-refractivity contribution is 5.68. The van der Waals surface area contributed by atoms with Crippen molar-refractivity contribution in [3.8, 4) is 0 Å². The number of nitrogens with zero attached hydrogens (tertiary/aromatic N) is 3.